The molecule has 0 unspecified atom stereocenters. The van der Waals surface area contributed by atoms with E-state index in [9.17, 15) is 4.79 Å². The molecular formula is C22H17BrN2O4. The van der Waals surface area contributed by atoms with Gasteiger partial charge in [-0.15, -0.1) is 0 Å². The molecule has 0 bridgehead atoms. The number of rotatable bonds is 6. The maximum Gasteiger partial charge on any atom is 0.262 e. The molecule has 0 aliphatic heterocycles. The molecule has 146 valence electrons. The van der Waals surface area contributed by atoms with Crippen LogP contribution in [0, 0.1) is 0 Å². The Hall–Kier alpha value is -3.32. The summed E-state index contributed by atoms with van der Waals surface area (Å²) < 4.78 is 17.4. The van der Waals surface area contributed by atoms with Crippen molar-refractivity contribution >= 4 is 38.6 Å². The van der Waals surface area contributed by atoms with Crippen LogP contribution in [0.15, 0.2) is 75.6 Å². The first-order valence-corrected chi connectivity index (χ1v) is 9.64. The largest absolute Gasteiger partial charge is 0.496 e. The van der Waals surface area contributed by atoms with E-state index in [1.807, 2.05) is 36.4 Å². The highest BCUT2D eigenvalue weighted by Gasteiger charge is 2.12. The maximum absolute atomic E-state index is 12.1. The Morgan fingerprint density at radius 3 is 2.69 bits per heavy atom. The summed E-state index contributed by atoms with van der Waals surface area (Å²) in [5.74, 6) is 1.60. The number of amides is 1. The number of fused-ring (bicyclic) bond motifs is 1. The second-order valence-corrected chi connectivity index (χ2v) is 7.06. The van der Waals surface area contributed by atoms with Crippen LogP contribution >= 0.6 is 15.9 Å². The van der Waals surface area contributed by atoms with E-state index >= 15 is 0 Å². The first-order valence-electron chi connectivity index (χ1n) is 8.84. The normalized spacial score (nSPS) is 10.7. The molecule has 4 aromatic rings. The molecule has 1 heterocycles. The molecule has 29 heavy (non-hydrogen) atoms. The van der Waals surface area contributed by atoms with E-state index in [1.165, 1.54) is 0 Å². The molecule has 0 radical (unpaired) electrons. The smallest absolute Gasteiger partial charge is 0.262 e. The lowest BCUT2D eigenvalue weighted by molar-refractivity contribution is -0.118. The van der Waals surface area contributed by atoms with Crippen LogP contribution in [0.5, 0.6) is 11.5 Å². The number of halogens is 1. The molecule has 7 heteroatoms. The highest BCUT2D eigenvalue weighted by Crippen LogP contribution is 2.32. The summed E-state index contributed by atoms with van der Waals surface area (Å²) in [7, 11) is 1.61. The van der Waals surface area contributed by atoms with Crippen molar-refractivity contribution in [2.24, 2.45) is 0 Å². The van der Waals surface area contributed by atoms with Gasteiger partial charge in [0.1, 0.15) is 17.0 Å². The van der Waals surface area contributed by atoms with Crippen LogP contribution in [0.1, 0.15) is 0 Å². The Kier molecular flexibility index (Phi) is 5.48. The van der Waals surface area contributed by atoms with E-state index in [2.05, 4.69) is 26.2 Å². The molecule has 6 nitrogen and oxygen atoms in total. The van der Waals surface area contributed by atoms with E-state index in [-0.39, 0.29) is 12.5 Å². The third-order valence-corrected chi connectivity index (χ3v) is 4.80. The standard InChI is InChI=1S/C22H17BrN2O4/c1-27-19-9-7-14(11-17(19)23)22-25-18-12-15(8-10-20(18)29-22)24-21(26)13-28-16-5-3-2-4-6-16/h2-12H,13H2,1H3,(H,24,26). The van der Waals surface area contributed by atoms with E-state index in [4.69, 9.17) is 13.9 Å². The van der Waals surface area contributed by atoms with Crippen molar-refractivity contribution in [3.63, 3.8) is 0 Å². The Balaban J connectivity index is 1.48. The number of aromatic nitrogens is 1. The molecule has 0 spiro atoms. The Morgan fingerprint density at radius 1 is 1.10 bits per heavy atom. The SMILES string of the molecule is COc1ccc(-c2nc3cc(NC(=O)COc4ccccc4)ccc3o2)cc1Br. The molecule has 0 atom stereocenters. The Labute approximate surface area is 175 Å². The van der Waals surface area contributed by atoms with Crippen molar-refractivity contribution in [3.05, 3.63) is 71.2 Å². The van der Waals surface area contributed by atoms with Crippen molar-refractivity contribution in [1.29, 1.82) is 0 Å². The van der Waals surface area contributed by atoms with Crippen molar-refractivity contribution in [2.75, 3.05) is 19.0 Å². The molecule has 0 saturated heterocycles. The Bertz CT molecular complexity index is 1160. The number of hydrogen-bond donors (Lipinski definition) is 1. The fourth-order valence-electron chi connectivity index (χ4n) is 2.79. The molecule has 1 aromatic heterocycles. The van der Waals surface area contributed by atoms with Crippen molar-refractivity contribution in [3.8, 4) is 23.0 Å². The third kappa shape index (κ3) is 4.41. The zero-order valence-electron chi connectivity index (χ0n) is 15.5. The lowest BCUT2D eigenvalue weighted by Gasteiger charge is -2.07. The van der Waals surface area contributed by atoms with Crippen LogP contribution in [-0.4, -0.2) is 24.6 Å². The van der Waals surface area contributed by atoms with E-state index in [0.717, 1.165) is 15.8 Å². The summed E-state index contributed by atoms with van der Waals surface area (Å²) in [6.45, 7) is -0.0774. The van der Waals surface area contributed by atoms with Crippen LogP contribution in [0.4, 0.5) is 5.69 Å². The average molecular weight is 453 g/mol. The number of nitrogens with zero attached hydrogens (tertiary/aromatic N) is 1. The van der Waals surface area contributed by atoms with E-state index < -0.39 is 0 Å². The first kappa shape index (κ1) is 19.0. The van der Waals surface area contributed by atoms with Crippen LogP contribution in [-0.2, 0) is 4.79 Å². The summed E-state index contributed by atoms with van der Waals surface area (Å²) in [6, 6.07) is 20.1. The van der Waals surface area contributed by atoms with Gasteiger partial charge in [-0.05, 0) is 64.5 Å². The number of hydrogen-bond acceptors (Lipinski definition) is 5. The third-order valence-electron chi connectivity index (χ3n) is 4.18. The number of carbonyl (C=O) groups is 1. The predicted molar refractivity (Wildman–Crippen MR) is 114 cm³/mol. The molecule has 0 aliphatic carbocycles. The number of carbonyl (C=O) groups excluding carboxylic acids is 1. The van der Waals surface area contributed by atoms with Crippen LogP contribution in [0.25, 0.3) is 22.6 Å². The van der Waals surface area contributed by atoms with Gasteiger partial charge in [0.05, 0.1) is 11.6 Å². The zero-order valence-corrected chi connectivity index (χ0v) is 17.1. The minimum Gasteiger partial charge on any atom is -0.496 e. The van der Waals surface area contributed by atoms with Crippen molar-refractivity contribution in [2.45, 2.75) is 0 Å². The van der Waals surface area contributed by atoms with Crippen LogP contribution < -0.4 is 14.8 Å². The topological polar surface area (TPSA) is 73.6 Å². The molecule has 4 rings (SSSR count). The van der Waals surface area contributed by atoms with Gasteiger partial charge in [0, 0.05) is 11.3 Å². The predicted octanol–water partition coefficient (Wildman–Crippen LogP) is 5.28. The number of ether oxygens (including phenoxy) is 2. The van der Waals surface area contributed by atoms with Crippen molar-refractivity contribution in [1.82, 2.24) is 4.98 Å². The second kappa shape index (κ2) is 8.36. The van der Waals surface area contributed by atoms with Crippen LogP contribution in [0.3, 0.4) is 0 Å². The number of methoxy groups -OCH3 is 1. The molecule has 0 aliphatic rings. The van der Waals surface area contributed by atoms with Gasteiger partial charge in [0.15, 0.2) is 12.2 Å². The second-order valence-electron chi connectivity index (χ2n) is 6.20. The highest BCUT2D eigenvalue weighted by molar-refractivity contribution is 9.10. The highest BCUT2D eigenvalue weighted by atomic mass is 79.9. The van der Waals surface area contributed by atoms with Gasteiger partial charge >= 0.3 is 0 Å². The summed E-state index contributed by atoms with van der Waals surface area (Å²) in [5.41, 5.74) is 2.71. The number of benzene rings is 3. The molecule has 1 amide bonds. The fourth-order valence-corrected chi connectivity index (χ4v) is 3.33. The summed E-state index contributed by atoms with van der Waals surface area (Å²) in [6.07, 6.45) is 0. The maximum atomic E-state index is 12.1. The number of para-hydroxylation sites is 1. The monoisotopic (exact) mass is 452 g/mol. The average Bonchev–Trinajstić information content (AvgIpc) is 3.16. The molecule has 1 N–H and O–H groups in total. The number of oxazole rings is 1. The van der Waals surface area contributed by atoms with Crippen LogP contribution in [0.2, 0.25) is 0 Å². The molecule has 0 fully saturated rings. The fraction of sp³-hybridized carbons (Fsp3) is 0.0909. The first-order chi connectivity index (χ1) is 14.1. The molecule has 3 aromatic carbocycles. The summed E-state index contributed by atoms with van der Waals surface area (Å²) in [5, 5.41) is 2.81. The van der Waals surface area contributed by atoms with Gasteiger partial charge in [-0.25, -0.2) is 4.98 Å². The lowest BCUT2D eigenvalue weighted by atomic mass is 10.2. The van der Waals surface area contributed by atoms with Crippen molar-refractivity contribution < 1.29 is 18.7 Å². The molecular weight excluding hydrogens is 436 g/mol. The summed E-state index contributed by atoms with van der Waals surface area (Å²) in [4.78, 5) is 16.7. The van der Waals surface area contributed by atoms with E-state index in [0.29, 0.717) is 28.4 Å². The van der Waals surface area contributed by atoms with E-state index in [1.54, 1.807) is 37.4 Å². The zero-order chi connectivity index (χ0) is 20.2. The quantitative estimate of drug-likeness (QED) is 0.430. The van der Waals surface area contributed by atoms with Gasteiger partial charge < -0.3 is 19.2 Å². The van der Waals surface area contributed by atoms with Gasteiger partial charge in [-0.3, -0.25) is 4.79 Å². The van der Waals surface area contributed by atoms with Gasteiger partial charge in [-0.2, -0.15) is 0 Å². The number of nitrogens with one attached hydrogen (secondary N) is 1. The lowest BCUT2D eigenvalue weighted by Crippen LogP contribution is -2.20. The van der Waals surface area contributed by atoms with Gasteiger partial charge in [0.25, 0.3) is 5.91 Å². The minimum atomic E-state index is -0.254. The number of anilines is 1. The summed E-state index contributed by atoms with van der Waals surface area (Å²) >= 11 is 3.46. The minimum absolute atomic E-state index is 0.0774. The van der Waals surface area contributed by atoms with Gasteiger partial charge in [-0.1, -0.05) is 18.2 Å². The molecule has 0 saturated carbocycles. The van der Waals surface area contributed by atoms with Gasteiger partial charge in [0.2, 0.25) is 5.89 Å². The Morgan fingerprint density at radius 2 is 1.93 bits per heavy atom.